The standard InChI is InChI=1S/C12H12N2S2/c1-9-2-4-10(5-3-9)16-8-11-13-7-6-12(15)14-11/h2-7H,8H2,1H3,(H,13,14,15). The molecule has 0 aliphatic heterocycles. The van der Waals surface area contributed by atoms with Gasteiger partial charge in [-0.3, -0.25) is 0 Å². The molecule has 1 heterocycles. The highest BCUT2D eigenvalue weighted by atomic mass is 32.2. The number of aryl methyl sites for hydroxylation is 1. The lowest BCUT2D eigenvalue weighted by Crippen LogP contribution is -1.91. The third-order valence-electron chi connectivity index (χ3n) is 2.12. The number of nitrogens with one attached hydrogen (secondary N) is 1. The molecule has 16 heavy (non-hydrogen) atoms. The molecule has 1 aromatic carbocycles. The summed E-state index contributed by atoms with van der Waals surface area (Å²) in [7, 11) is 0. The average molecular weight is 248 g/mol. The predicted molar refractivity (Wildman–Crippen MR) is 70.2 cm³/mol. The first-order chi connectivity index (χ1) is 7.74. The fourth-order valence-corrected chi connectivity index (χ4v) is 2.23. The van der Waals surface area contributed by atoms with E-state index in [0.717, 1.165) is 16.2 Å². The van der Waals surface area contributed by atoms with E-state index in [1.807, 2.05) is 0 Å². The maximum atomic E-state index is 5.04. The monoisotopic (exact) mass is 248 g/mol. The van der Waals surface area contributed by atoms with E-state index in [2.05, 4.69) is 41.2 Å². The molecule has 0 fully saturated rings. The number of nitrogens with zero attached hydrogens (tertiary/aromatic N) is 1. The largest absolute Gasteiger partial charge is 0.334 e. The first-order valence-electron chi connectivity index (χ1n) is 4.98. The number of hydrogen-bond donors (Lipinski definition) is 1. The van der Waals surface area contributed by atoms with Crippen LogP contribution in [0.4, 0.5) is 0 Å². The third kappa shape index (κ3) is 3.18. The van der Waals surface area contributed by atoms with E-state index < -0.39 is 0 Å². The van der Waals surface area contributed by atoms with Crippen molar-refractivity contribution in [2.45, 2.75) is 17.6 Å². The fraction of sp³-hybridized carbons (Fsp3) is 0.167. The molecule has 1 aromatic heterocycles. The maximum absolute atomic E-state index is 5.04. The van der Waals surface area contributed by atoms with Gasteiger partial charge in [-0.05, 0) is 25.1 Å². The average Bonchev–Trinajstić information content (AvgIpc) is 2.28. The smallest absolute Gasteiger partial charge is 0.117 e. The Balaban J connectivity index is 2.02. The minimum Gasteiger partial charge on any atom is -0.334 e. The van der Waals surface area contributed by atoms with Crippen molar-refractivity contribution in [3.8, 4) is 0 Å². The lowest BCUT2D eigenvalue weighted by atomic mass is 10.2. The molecule has 0 aliphatic rings. The second-order valence-electron chi connectivity index (χ2n) is 3.48. The van der Waals surface area contributed by atoms with Gasteiger partial charge in [0, 0.05) is 11.1 Å². The molecule has 82 valence electrons. The molecule has 0 atom stereocenters. The Kier molecular flexibility index (Phi) is 3.74. The molecule has 4 heteroatoms. The highest BCUT2D eigenvalue weighted by molar-refractivity contribution is 7.98. The van der Waals surface area contributed by atoms with Crippen LogP contribution in [0.5, 0.6) is 0 Å². The van der Waals surface area contributed by atoms with Crippen LogP contribution in [-0.2, 0) is 5.75 Å². The Bertz CT molecular complexity index is 517. The number of aromatic nitrogens is 2. The summed E-state index contributed by atoms with van der Waals surface area (Å²) in [5, 5.41) is 0. The van der Waals surface area contributed by atoms with E-state index in [1.54, 1.807) is 24.0 Å². The summed E-state index contributed by atoms with van der Waals surface area (Å²) in [4.78, 5) is 8.55. The molecule has 1 N–H and O–H groups in total. The van der Waals surface area contributed by atoms with Crippen LogP contribution in [0, 0.1) is 11.6 Å². The van der Waals surface area contributed by atoms with Crippen molar-refractivity contribution >= 4 is 24.0 Å². The van der Waals surface area contributed by atoms with Crippen molar-refractivity contribution in [1.29, 1.82) is 0 Å². The molecule has 0 saturated carbocycles. The topological polar surface area (TPSA) is 28.7 Å². The second-order valence-corrected chi connectivity index (χ2v) is 4.97. The molecule has 0 radical (unpaired) electrons. The Morgan fingerprint density at radius 3 is 2.69 bits per heavy atom. The summed E-state index contributed by atoms with van der Waals surface area (Å²) >= 11 is 6.79. The van der Waals surface area contributed by atoms with Gasteiger partial charge < -0.3 is 4.98 Å². The zero-order chi connectivity index (χ0) is 11.4. The summed E-state index contributed by atoms with van der Waals surface area (Å²) < 4.78 is 0.731. The first-order valence-corrected chi connectivity index (χ1v) is 6.37. The number of rotatable bonds is 3. The summed E-state index contributed by atoms with van der Waals surface area (Å²) in [6.45, 7) is 2.09. The Morgan fingerprint density at radius 2 is 2.00 bits per heavy atom. The zero-order valence-electron chi connectivity index (χ0n) is 8.93. The fourth-order valence-electron chi connectivity index (χ4n) is 1.27. The van der Waals surface area contributed by atoms with Gasteiger partial charge in [-0.15, -0.1) is 11.8 Å². The van der Waals surface area contributed by atoms with E-state index in [-0.39, 0.29) is 0 Å². The lowest BCUT2D eigenvalue weighted by Gasteiger charge is -2.01. The van der Waals surface area contributed by atoms with Gasteiger partial charge in [-0.25, -0.2) is 4.98 Å². The second kappa shape index (κ2) is 5.27. The molecule has 2 nitrogen and oxygen atoms in total. The van der Waals surface area contributed by atoms with E-state index in [9.17, 15) is 0 Å². The first kappa shape index (κ1) is 11.4. The summed E-state index contributed by atoms with van der Waals surface area (Å²) in [6.07, 6.45) is 1.74. The van der Waals surface area contributed by atoms with Gasteiger partial charge in [0.2, 0.25) is 0 Å². The molecule has 0 spiro atoms. The van der Waals surface area contributed by atoms with Crippen LogP contribution in [0.1, 0.15) is 11.4 Å². The summed E-state index contributed by atoms with van der Waals surface area (Å²) in [6, 6.07) is 10.3. The van der Waals surface area contributed by atoms with Crippen LogP contribution in [0.3, 0.4) is 0 Å². The minimum absolute atomic E-state index is 0.731. The Morgan fingerprint density at radius 1 is 1.25 bits per heavy atom. The molecule has 2 rings (SSSR count). The van der Waals surface area contributed by atoms with E-state index in [4.69, 9.17) is 12.2 Å². The number of hydrogen-bond acceptors (Lipinski definition) is 3. The van der Waals surface area contributed by atoms with Crippen LogP contribution in [0.25, 0.3) is 0 Å². The van der Waals surface area contributed by atoms with Crippen molar-refractivity contribution in [2.24, 2.45) is 0 Å². The van der Waals surface area contributed by atoms with Crippen LogP contribution in [0.15, 0.2) is 41.4 Å². The summed E-state index contributed by atoms with van der Waals surface area (Å²) in [5.74, 6) is 1.73. The van der Waals surface area contributed by atoms with Crippen molar-refractivity contribution < 1.29 is 0 Å². The van der Waals surface area contributed by atoms with Crippen molar-refractivity contribution in [3.05, 3.63) is 52.6 Å². The highest BCUT2D eigenvalue weighted by Gasteiger charge is 1.97. The van der Waals surface area contributed by atoms with E-state index in [0.29, 0.717) is 0 Å². The third-order valence-corrected chi connectivity index (χ3v) is 3.38. The molecule has 0 amide bonds. The predicted octanol–water partition coefficient (Wildman–Crippen LogP) is 3.74. The maximum Gasteiger partial charge on any atom is 0.117 e. The highest BCUT2D eigenvalue weighted by Crippen LogP contribution is 2.21. The molecule has 2 aromatic rings. The van der Waals surface area contributed by atoms with Gasteiger partial charge in [0.1, 0.15) is 10.5 Å². The number of benzene rings is 1. The van der Waals surface area contributed by atoms with Gasteiger partial charge >= 0.3 is 0 Å². The molecule has 0 bridgehead atoms. The quantitative estimate of drug-likeness (QED) is 0.662. The summed E-state index contributed by atoms with van der Waals surface area (Å²) in [5.41, 5.74) is 1.28. The number of aromatic amines is 1. The molecule has 0 unspecified atom stereocenters. The molecule has 0 aliphatic carbocycles. The van der Waals surface area contributed by atoms with Crippen LogP contribution in [-0.4, -0.2) is 9.97 Å². The van der Waals surface area contributed by atoms with Crippen LogP contribution in [0.2, 0.25) is 0 Å². The van der Waals surface area contributed by atoms with Crippen molar-refractivity contribution in [1.82, 2.24) is 9.97 Å². The number of H-pyrrole nitrogens is 1. The van der Waals surface area contributed by atoms with E-state index >= 15 is 0 Å². The molecular formula is C12H12N2S2. The van der Waals surface area contributed by atoms with Gasteiger partial charge in [-0.1, -0.05) is 29.9 Å². The van der Waals surface area contributed by atoms with Gasteiger partial charge in [0.25, 0.3) is 0 Å². The Hall–Kier alpha value is -1.13. The lowest BCUT2D eigenvalue weighted by molar-refractivity contribution is 1.02. The normalized spacial score (nSPS) is 10.3. The molecular weight excluding hydrogens is 236 g/mol. The minimum atomic E-state index is 0.731. The van der Waals surface area contributed by atoms with Crippen molar-refractivity contribution in [2.75, 3.05) is 0 Å². The van der Waals surface area contributed by atoms with Gasteiger partial charge in [-0.2, -0.15) is 0 Å². The van der Waals surface area contributed by atoms with Crippen molar-refractivity contribution in [3.63, 3.8) is 0 Å². The SMILES string of the molecule is Cc1ccc(SCc2nccc(=S)[nH]2)cc1. The van der Waals surface area contributed by atoms with Crippen LogP contribution >= 0.6 is 24.0 Å². The molecule has 0 saturated heterocycles. The van der Waals surface area contributed by atoms with Gasteiger partial charge in [0.15, 0.2) is 0 Å². The van der Waals surface area contributed by atoms with Gasteiger partial charge in [0.05, 0.1) is 5.75 Å². The van der Waals surface area contributed by atoms with Crippen LogP contribution < -0.4 is 0 Å². The number of thioether (sulfide) groups is 1. The Labute approximate surface area is 104 Å². The van der Waals surface area contributed by atoms with E-state index in [1.165, 1.54) is 10.5 Å². The zero-order valence-corrected chi connectivity index (χ0v) is 10.6.